The van der Waals surface area contributed by atoms with E-state index >= 15 is 0 Å². The minimum absolute atomic E-state index is 0.0629. The molecule has 84 valence electrons. The van der Waals surface area contributed by atoms with Gasteiger partial charge < -0.3 is 5.32 Å². The van der Waals surface area contributed by atoms with Crippen LogP contribution in [-0.2, 0) is 0 Å². The van der Waals surface area contributed by atoms with Crippen molar-refractivity contribution in [1.29, 1.82) is 0 Å². The van der Waals surface area contributed by atoms with Gasteiger partial charge in [-0.2, -0.15) is 0 Å². The number of hydrogen-bond acceptors (Lipinski definition) is 3. The molecule has 15 heavy (non-hydrogen) atoms. The third kappa shape index (κ3) is 4.78. The van der Waals surface area contributed by atoms with Crippen LogP contribution in [0.2, 0.25) is 5.02 Å². The molecule has 0 bridgehead atoms. The molecule has 0 aliphatic heterocycles. The first-order chi connectivity index (χ1) is 6.88. The molecule has 0 saturated carbocycles. The SMILES string of the molecule is CC(C)(C)NCCC(=O)c1cc(Cl)cs1. The fraction of sp³-hybridized carbons (Fsp3) is 0.545. The van der Waals surface area contributed by atoms with Crippen LogP contribution in [0.1, 0.15) is 36.9 Å². The molecule has 1 N–H and O–H groups in total. The second-order valence-electron chi connectivity index (χ2n) is 4.48. The smallest absolute Gasteiger partial charge is 0.174 e. The Morgan fingerprint density at radius 2 is 2.20 bits per heavy atom. The molecule has 1 heterocycles. The second-order valence-corrected chi connectivity index (χ2v) is 5.83. The monoisotopic (exact) mass is 245 g/mol. The van der Waals surface area contributed by atoms with E-state index in [9.17, 15) is 4.79 Å². The van der Waals surface area contributed by atoms with Crippen molar-refractivity contribution in [2.45, 2.75) is 32.7 Å². The van der Waals surface area contributed by atoms with E-state index < -0.39 is 0 Å². The Morgan fingerprint density at radius 3 is 2.67 bits per heavy atom. The van der Waals surface area contributed by atoms with Gasteiger partial charge in [-0.1, -0.05) is 11.6 Å². The van der Waals surface area contributed by atoms with Gasteiger partial charge in [0.05, 0.1) is 9.90 Å². The molecule has 2 nitrogen and oxygen atoms in total. The number of Topliss-reactive ketones (excluding diaryl/α,β-unsaturated/α-hetero) is 1. The van der Waals surface area contributed by atoms with Crippen molar-refractivity contribution in [3.63, 3.8) is 0 Å². The molecule has 1 rings (SSSR count). The number of carbonyl (C=O) groups is 1. The Kier molecular flexibility index (Phi) is 4.32. The summed E-state index contributed by atoms with van der Waals surface area (Å²) in [6.07, 6.45) is 0.522. The molecule has 0 spiro atoms. The van der Waals surface area contributed by atoms with Gasteiger partial charge in [0.2, 0.25) is 0 Å². The lowest BCUT2D eigenvalue weighted by atomic mass is 10.1. The van der Waals surface area contributed by atoms with Gasteiger partial charge in [-0.15, -0.1) is 11.3 Å². The zero-order chi connectivity index (χ0) is 11.5. The van der Waals surface area contributed by atoms with Crippen molar-refractivity contribution in [3.8, 4) is 0 Å². The number of carbonyl (C=O) groups excluding carboxylic acids is 1. The van der Waals surface area contributed by atoms with Crippen molar-refractivity contribution in [3.05, 3.63) is 21.3 Å². The summed E-state index contributed by atoms with van der Waals surface area (Å²) in [6, 6.07) is 1.73. The molecular weight excluding hydrogens is 230 g/mol. The van der Waals surface area contributed by atoms with Crippen molar-refractivity contribution in [2.75, 3.05) is 6.54 Å². The highest BCUT2D eigenvalue weighted by Crippen LogP contribution is 2.20. The van der Waals surface area contributed by atoms with E-state index in [-0.39, 0.29) is 11.3 Å². The lowest BCUT2D eigenvalue weighted by molar-refractivity contribution is 0.0984. The molecule has 0 radical (unpaired) electrons. The average Bonchev–Trinajstić information content (AvgIpc) is 2.49. The fourth-order valence-electron chi connectivity index (χ4n) is 1.13. The van der Waals surface area contributed by atoms with Crippen LogP contribution in [0, 0.1) is 0 Å². The number of nitrogens with one attached hydrogen (secondary N) is 1. The van der Waals surface area contributed by atoms with Gasteiger partial charge in [0.1, 0.15) is 0 Å². The molecule has 0 unspecified atom stereocenters. The highest BCUT2D eigenvalue weighted by molar-refractivity contribution is 7.12. The first kappa shape index (κ1) is 12.7. The zero-order valence-electron chi connectivity index (χ0n) is 9.26. The Bertz CT molecular complexity index is 341. The number of thiophene rings is 1. The lowest BCUT2D eigenvalue weighted by Gasteiger charge is -2.19. The van der Waals surface area contributed by atoms with Crippen LogP contribution in [0.4, 0.5) is 0 Å². The van der Waals surface area contributed by atoms with Crippen LogP contribution < -0.4 is 5.32 Å². The van der Waals surface area contributed by atoms with E-state index in [0.717, 1.165) is 4.88 Å². The quantitative estimate of drug-likeness (QED) is 0.825. The minimum atomic E-state index is 0.0629. The average molecular weight is 246 g/mol. The van der Waals surface area contributed by atoms with Crippen molar-refractivity contribution in [2.24, 2.45) is 0 Å². The van der Waals surface area contributed by atoms with Gasteiger partial charge >= 0.3 is 0 Å². The third-order valence-electron chi connectivity index (χ3n) is 1.85. The van der Waals surface area contributed by atoms with E-state index in [4.69, 9.17) is 11.6 Å². The van der Waals surface area contributed by atoms with E-state index in [2.05, 4.69) is 26.1 Å². The van der Waals surface area contributed by atoms with Crippen LogP contribution in [-0.4, -0.2) is 17.9 Å². The largest absolute Gasteiger partial charge is 0.312 e. The number of halogens is 1. The van der Waals surface area contributed by atoms with Gasteiger partial charge in [0.15, 0.2) is 5.78 Å². The Hall–Kier alpha value is -0.380. The first-order valence-electron chi connectivity index (χ1n) is 4.91. The Morgan fingerprint density at radius 1 is 1.53 bits per heavy atom. The maximum absolute atomic E-state index is 11.7. The van der Waals surface area contributed by atoms with Gasteiger partial charge in [-0.25, -0.2) is 0 Å². The summed E-state index contributed by atoms with van der Waals surface area (Å²) in [5.74, 6) is 0.156. The topological polar surface area (TPSA) is 29.1 Å². The fourth-order valence-corrected chi connectivity index (χ4v) is 2.18. The number of ketones is 1. The molecule has 0 aromatic carbocycles. The van der Waals surface area contributed by atoms with Crippen LogP contribution in [0.5, 0.6) is 0 Å². The van der Waals surface area contributed by atoms with Crippen LogP contribution in [0.25, 0.3) is 0 Å². The number of hydrogen-bond donors (Lipinski definition) is 1. The van der Waals surface area contributed by atoms with E-state index in [1.54, 1.807) is 11.4 Å². The summed E-state index contributed by atoms with van der Waals surface area (Å²) in [6.45, 7) is 6.95. The lowest BCUT2D eigenvalue weighted by Crippen LogP contribution is -2.37. The van der Waals surface area contributed by atoms with Crippen molar-refractivity contribution >= 4 is 28.7 Å². The van der Waals surface area contributed by atoms with Crippen molar-refractivity contribution < 1.29 is 4.79 Å². The summed E-state index contributed by atoms with van der Waals surface area (Å²) in [5, 5.41) is 5.71. The van der Waals surface area contributed by atoms with E-state index in [1.807, 2.05) is 0 Å². The molecule has 0 amide bonds. The summed E-state index contributed by atoms with van der Waals surface area (Å²) in [4.78, 5) is 12.4. The maximum atomic E-state index is 11.7. The Balaban J connectivity index is 2.37. The predicted molar refractivity (Wildman–Crippen MR) is 66.0 cm³/mol. The molecule has 0 aliphatic carbocycles. The number of rotatable bonds is 4. The molecule has 1 aromatic rings. The van der Waals surface area contributed by atoms with Crippen molar-refractivity contribution in [1.82, 2.24) is 5.32 Å². The van der Waals surface area contributed by atoms with E-state index in [1.165, 1.54) is 11.3 Å². The highest BCUT2D eigenvalue weighted by atomic mass is 35.5. The highest BCUT2D eigenvalue weighted by Gasteiger charge is 2.11. The van der Waals surface area contributed by atoms with Gasteiger partial charge in [0.25, 0.3) is 0 Å². The standard InChI is InChI=1S/C11H16ClNOS/c1-11(2,3)13-5-4-9(14)10-6-8(12)7-15-10/h6-7,13H,4-5H2,1-3H3. The normalized spacial score (nSPS) is 11.7. The molecule has 0 saturated heterocycles. The third-order valence-corrected chi connectivity index (χ3v) is 3.17. The Labute approximate surface area is 99.6 Å². The second kappa shape index (κ2) is 5.10. The summed E-state index contributed by atoms with van der Waals surface area (Å²) in [5.41, 5.74) is 0.0629. The molecule has 0 fully saturated rings. The van der Waals surface area contributed by atoms with Gasteiger partial charge in [0, 0.05) is 23.9 Å². The van der Waals surface area contributed by atoms with Gasteiger partial charge in [-0.05, 0) is 26.8 Å². The summed E-state index contributed by atoms with van der Waals surface area (Å²) in [7, 11) is 0. The predicted octanol–water partition coefficient (Wildman–Crippen LogP) is 3.36. The van der Waals surface area contributed by atoms with Crippen LogP contribution in [0.15, 0.2) is 11.4 Å². The molecule has 0 atom stereocenters. The molecular formula is C11H16ClNOS. The zero-order valence-corrected chi connectivity index (χ0v) is 10.8. The van der Waals surface area contributed by atoms with Crippen LogP contribution in [0.3, 0.4) is 0 Å². The maximum Gasteiger partial charge on any atom is 0.174 e. The molecule has 0 aliphatic rings. The summed E-state index contributed by atoms with van der Waals surface area (Å²) >= 11 is 7.16. The van der Waals surface area contributed by atoms with E-state index in [0.29, 0.717) is 18.0 Å². The summed E-state index contributed by atoms with van der Waals surface area (Å²) < 4.78 is 0. The van der Waals surface area contributed by atoms with Gasteiger partial charge in [-0.3, -0.25) is 4.79 Å². The molecule has 1 aromatic heterocycles. The molecule has 4 heteroatoms. The minimum Gasteiger partial charge on any atom is -0.312 e. The first-order valence-corrected chi connectivity index (χ1v) is 6.16. The van der Waals surface area contributed by atoms with Crippen LogP contribution >= 0.6 is 22.9 Å².